The van der Waals surface area contributed by atoms with E-state index in [-0.39, 0.29) is 0 Å². The van der Waals surface area contributed by atoms with Gasteiger partial charge in [-0.2, -0.15) is 0 Å². The van der Waals surface area contributed by atoms with Crippen molar-refractivity contribution in [1.82, 2.24) is 10.2 Å². The zero-order valence-electron chi connectivity index (χ0n) is 11.7. The summed E-state index contributed by atoms with van der Waals surface area (Å²) in [6.45, 7) is 12.2. The summed E-state index contributed by atoms with van der Waals surface area (Å²) in [4.78, 5) is 2.40. The van der Waals surface area contributed by atoms with Crippen LogP contribution in [0.15, 0.2) is 12.7 Å². The molecule has 0 aromatic heterocycles. The van der Waals surface area contributed by atoms with E-state index in [4.69, 9.17) is 4.74 Å². The predicted octanol–water partition coefficient (Wildman–Crippen LogP) is 2.29. The van der Waals surface area contributed by atoms with Crippen LogP contribution in [0.5, 0.6) is 0 Å². The maximum absolute atomic E-state index is 5.11. The summed E-state index contributed by atoms with van der Waals surface area (Å²) < 4.78 is 5.11. The van der Waals surface area contributed by atoms with E-state index in [0.717, 1.165) is 39.3 Å². The van der Waals surface area contributed by atoms with Gasteiger partial charge in [-0.15, -0.1) is 6.58 Å². The van der Waals surface area contributed by atoms with Gasteiger partial charge in [-0.05, 0) is 32.5 Å². The lowest BCUT2D eigenvalue weighted by Gasteiger charge is -2.19. The molecule has 0 heterocycles. The average molecular weight is 242 g/mol. The highest BCUT2D eigenvalue weighted by molar-refractivity contribution is 4.73. The second-order valence-electron chi connectivity index (χ2n) is 4.35. The Kier molecular flexibility index (Phi) is 13.4. The fourth-order valence-corrected chi connectivity index (χ4v) is 1.81. The molecule has 0 aliphatic rings. The minimum Gasteiger partial charge on any atom is -0.383 e. The molecule has 0 aliphatic carbocycles. The van der Waals surface area contributed by atoms with Gasteiger partial charge in [0.15, 0.2) is 0 Å². The maximum Gasteiger partial charge on any atom is 0.0589 e. The standard InChI is InChI=1S/C14H30N2O/c1-4-11-16(13-14-17-3)12-9-7-6-8-10-15-5-2/h4,15H,1,5-14H2,2-3H3. The lowest BCUT2D eigenvalue weighted by molar-refractivity contribution is 0.153. The molecule has 0 fully saturated rings. The molecule has 0 saturated heterocycles. The third kappa shape index (κ3) is 11.9. The summed E-state index contributed by atoms with van der Waals surface area (Å²) in [5.74, 6) is 0. The van der Waals surface area contributed by atoms with Crippen LogP contribution in [0.25, 0.3) is 0 Å². The van der Waals surface area contributed by atoms with Crippen LogP contribution in [0.1, 0.15) is 32.6 Å². The summed E-state index contributed by atoms with van der Waals surface area (Å²) >= 11 is 0. The second kappa shape index (κ2) is 13.7. The van der Waals surface area contributed by atoms with Gasteiger partial charge in [0.25, 0.3) is 0 Å². The van der Waals surface area contributed by atoms with Crippen LogP contribution < -0.4 is 5.32 Å². The highest BCUT2D eigenvalue weighted by Crippen LogP contribution is 2.01. The third-order valence-corrected chi connectivity index (χ3v) is 2.83. The van der Waals surface area contributed by atoms with E-state index in [2.05, 4.69) is 23.7 Å². The first-order valence-corrected chi connectivity index (χ1v) is 6.88. The molecular formula is C14H30N2O. The van der Waals surface area contributed by atoms with Crippen molar-refractivity contribution in [2.45, 2.75) is 32.6 Å². The highest BCUT2D eigenvalue weighted by atomic mass is 16.5. The molecule has 0 amide bonds. The van der Waals surface area contributed by atoms with Crippen LogP contribution in [0.3, 0.4) is 0 Å². The second-order valence-corrected chi connectivity index (χ2v) is 4.35. The van der Waals surface area contributed by atoms with Crippen molar-refractivity contribution < 1.29 is 4.74 Å². The summed E-state index contributed by atoms with van der Waals surface area (Å²) in [6, 6.07) is 0. The van der Waals surface area contributed by atoms with Crippen LogP contribution in [-0.2, 0) is 4.74 Å². The van der Waals surface area contributed by atoms with Crippen molar-refractivity contribution in [2.24, 2.45) is 0 Å². The van der Waals surface area contributed by atoms with Crippen molar-refractivity contribution in [3.8, 4) is 0 Å². The van der Waals surface area contributed by atoms with Gasteiger partial charge in [-0.25, -0.2) is 0 Å². The normalized spacial score (nSPS) is 11.0. The van der Waals surface area contributed by atoms with E-state index in [9.17, 15) is 0 Å². The van der Waals surface area contributed by atoms with E-state index in [0.29, 0.717) is 0 Å². The molecule has 0 spiro atoms. The van der Waals surface area contributed by atoms with E-state index in [1.807, 2.05) is 6.08 Å². The number of unbranched alkanes of at least 4 members (excludes halogenated alkanes) is 3. The van der Waals surface area contributed by atoms with Crippen LogP contribution in [0.2, 0.25) is 0 Å². The molecule has 0 aromatic rings. The lowest BCUT2D eigenvalue weighted by Crippen LogP contribution is -2.28. The van der Waals surface area contributed by atoms with Crippen LogP contribution in [0.4, 0.5) is 0 Å². The molecule has 0 radical (unpaired) electrons. The Hall–Kier alpha value is -0.380. The van der Waals surface area contributed by atoms with Crippen LogP contribution in [-0.4, -0.2) is 51.3 Å². The number of ether oxygens (including phenoxy) is 1. The molecule has 0 saturated carbocycles. The fraction of sp³-hybridized carbons (Fsp3) is 0.857. The first-order valence-electron chi connectivity index (χ1n) is 6.88. The first kappa shape index (κ1) is 16.6. The summed E-state index contributed by atoms with van der Waals surface area (Å²) in [5.41, 5.74) is 0. The minimum atomic E-state index is 0.814. The number of nitrogens with zero attached hydrogens (tertiary/aromatic N) is 1. The Morgan fingerprint density at radius 2 is 1.94 bits per heavy atom. The summed E-state index contributed by atoms with van der Waals surface area (Å²) in [7, 11) is 1.76. The molecule has 3 nitrogen and oxygen atoms in total. The predicted molar refractivity (Wildman–Crippen MR) is 75.5 cm³/mol. The minimum absolute atomic E-state index is 0.814. The number of methoxy groups -OCH3 is 1. The monoisotopic (exact) mass is 242 g/mol. The van der Waals surface area contributed by atoms with Gasteiger partial charge in [-0.1, -0.05) is 25.8 Å². The number of rotatable bonds is 13. The highest BCUT2D eigenvalue weighted by Gasteiger charge is 2.01. The zero-order chi connectivity index (χ0) is 12.8. The molecular weight excluding hydrogens is 212 g/mol. The molecule has 0 bridgehead atoms. The molecule has 17 heavy (non-hydrogen) atoms. The van der Waals surface area contributed by atoms with Crippen molar-refractivity contribution in [1.29, 1.82) is 0 Å². The van der Waals surface area contributed by atoms with Crippen LogP contribution >= 0.6 is 0 Å². The molecule has 0 atom stereocenters. The van der Waals surface area contributed by atoms with Gasteiger partial charge < -0.3 is 10.1 Å². The Balaban J connectivity index is 3.36. The lowest BCUT2D eigenvalue weighted by atomic mass is 10.2. The van der Waals surface area contributed by atoms with Crippen molar-refractivity contribution >= 4 is 0 Å². The Morgan fingerprint density at radius 3 is 2.59 bits per heavy atom. The van der Waals surface area contributed by atoms with Gasteiger partial charge in [0, 0.05) is 20.2 Å². The molecule has 3 heteroatoms. The largest absolute Gasteiger partial charge is 0.383 e. The van der Waals surface area contributed by atoms with Crippen molar-refractivity contribution in [3.05, 3.63) is 12.7 Å². The zero-order valence-corrected chi connectivity index (χ0v) is 11.7. The topological polar surface area (TPSA) is 24.5 Å². The molecule has 0 aliphatic heterocycles. The number of hydrogen-bond acceptors (Lipinski definition) is 3. The summed E-state index contributed by atoms with van der Waals surface area (Å²) in [6.07, 6.45) is 7.21. The van der Waals surface area contributed by atoms with E-state index in [1.165, 1.54) is 25.7 Å². The molecule has 0 aromatic carbocycles. The third-order valence-electron chi connectivity index (χ3n) is 2.83. The number of hydrogen-bond donors (Lipinski definition) is 1. The van der Waals surface area contributed by atoms with Crippen molar-refractivity contribution in [2.75, 3.05) is 46.4 Å². The SMILES string of the molecule is C=CCN(CCCCCCNCC)CCOC. The average Bonchev–Trinajstić information content (AvgIpc) is 2.34. The molecule has 0 unspecified atom stereocenters. The van der Waals surface area contributed by atoms with Gasteiger partial charge in [0.2, 0.25) is 0 Å². The number of nitrogens with one attached hydrogen (secondary N) is 1. The Morgan fingerprint density at radius 1 is 1.18 bits per heavy atom. The van der Waals surface area contributed by atoms with Gasteiger partial charge in [0.1, 0.15) is 0 Å². The maximum atomic E-state index is 5.11. The molecule has 102 valence electrons. The van der Waals surface area contributed by atoms with E-state index in [1.54, 1.807) is 7.11 Å². The Bertz CT molecular complexity index is 162. The summed E-state index contributed by atoms with van der Waals surface area (Å²) in [5, 5.41) is 3.36. The van der Waals surface area contributed by atoms with E-state index >= 15 is 0 Å². The van der Waals surface area contributed by atoms with Gasteiger partial charge in [-0.3, -0.25) is 4.90 Å². The van der Waals surface area contributed by atoms with Gasteiger partial charge >= 0.3 is 0 Å². The van der Waals surface area contributed by atoms with Crippen molar-refractivity contribution in [3.63, 3.8) is 0 Å². The van der Waals surface area contributed by atoms with Gasteiger partial charge in [0.05, 0.1) is 6.61 Å². The van der Waals surface area contributed by atoms with Crippen LogP contribution in [0, 0.1) is 0 Å². The first-order chi connectivity index (χ1) is 8.35. The Labute approximate surface area is 107 Å². The quantitative estimate of drug-likeness (QED) is 0.396. The smallest absolute Gasteiger partial charge is 0.0589 e. The fourth-order valence-electron chi connectivity index (χ4n) is 1.81. The molecule has 0 rings (SSSR count). The van der Waals surface area contributed by atoms with E-state index < -0.39 is 0 Å². The molecule has 1 N–H and O–H groups in total.